The molecule has 0 saturated heterocycles. The lowest BCUT2D eigenvalue weighted by Gasteiger charge is -2.29. The van der Waals surface area contributed by atoms with Gasteiger partial charge in [0.25, 0.3) is 0 Å². The summed E-state index contributed by atoms with van der Waals surface area (Å²) in [5, 5.41) is 14.3. The second kappa shape index (κ2) is 2.79. The Kier molecular flexibility index (Phi) is 1.93. The maximum absolute atomic E-state index is 10.3. The average molecular weight is 195 g/mol. The van der Waals surface area contributed by atoms with E-state index in [2.05, 4.69) is 17.0 Å². The molecular weight excluding hydrogens is 178 g/mol. The first-order chi connectivity index (χ1) is 6.45. The van der Waals surface area contributed by atoms with Crippen molar-refractivity contribution in [2.75, 3.05) is 0 Å². The van der Waals surface area contributed by atoms with Crippen LogP contribution in [0.5, 0.6) is 0 Å². The quantitative estimate of drug-likeness (QED) is 0.780. The molecule has 0 aliphatic heterocycles. The highest BCUT2D eigenvalue weighted by Gasteiger charge is 2.52. The van der Waals surface area contributed by atoms with Gasteiger partial charge in [0.15, 0.2) is 0 Å². The standard InChI is InChI=1S/C10H17N3O/c1-9(4-5-9)10(2,14)6-8-11-7-12-13(8)3/h7,14H,4-6H2,1-3H3. The van der Waals surface area contributed by atoms with Crippen LogP contribution in [-0.4, -0.2) is 25.5 Å². The van der Waals surface area contributed by atoms with E-state index in [-0.39, 0.29) is 5.41 Å². The summed E-state index contributed by atoms with van der Waals surface area (Å²) in [4.78, 5) is 4.13. The van der Waals surface area contributed by atoms with Crippen molar-refractivity contribution in [1.82, 2.24) is 14.8 Å². The predicted molar refractivity (Wildman–Crippen MR) is 52.7 cm³/mol. The highest BCUT2D eigenvalue weighted by atomic mass is 16.3. The zero-order valence-corrected chi connectivity index (χ0v) is 8.99. The van der Waals surface area contributed by atoms with Crippen LogP contribution < -0.4 is 0 Å². The van der Waals surface area contributed by atoms with Crippen molar-refractivity contribution in [2.45, 2.75) is 38.7 Å². The van der Waals surface area contributed by atoms with Crippen molar-refractivity contribution in [2.24, 2.45) is 12.5 Å². The topological polar surface area (TPSA) is 50.9 Å². The molecule has 1 aliphatic rings. The normalized spacial score (nSPS) is 23.1. The largest absolute Gasteiger partial charge is 0.389 e. The molecule has 1 N–H and O–H groups in total. The van der Waals surface area contributed by atoms with E-state index in [1.807, 2.05) is 14.0 Å². The number of nitrogens with zero attached hydrogens (tertiary/aromatic N) is 3. The molecule has 0 bridgehead atoms. The van der Waals surface area contributed by atoms with Crippen LogP contribution in [0, 0.1) is 5.41 Å². The molecule has 0 amide bonds. The van der Waals surface area contributed by atoms with Crippen molar-refractivity contribution in [3.05, 3.63) is 12.2 Å². The van der Waals surface area contributed by atoms with Crippen LogP contribution >= 0.6 is 0 Å². The van der Waals surface area contributed by atoms with Gasteiger partial charge in [-0.15, -0.1) is 0 Å². The third kappa shape index (κ3) is 1.43. The first-order valence-corrected chi connectivity index (χ1v) is 5.00. The van der Waals surface area contributed by atoms with Crippen LogP contribution in [0.2, 0.25) is 0 Å². The highest BCUT2D eigenvalue weighted by molar-refractivity contribution is 5.07. The summed E-state index contributed by atoms with van der Waals surface area (Å²) in [6.07, 6.45) is 4.33. The maximum Gasteiger partial charge on any atom is 0.138 e. The fourth-order valence-corrected chi connectivity index (χ4v) is 1.73. The predicted octanol–water partition coefficient (Wildman–Crippen LogP) is 0.909. The van der Waals surface area contributed by atoms with Gasteiger partial charge >= 0.3 is 0 Å². The Bertz CT molecular complexity index is 339. The van der Waals surface area contributed by atoms with E-state index in [0.29, 0.717) is 6.42 Å². The molecule has 1 heterocycles. The molecule has 1 atom stereocenters. The number of aromatic nitrogens is 3. The van der Waals surface area contributed by atoms with Crippen LogP contribution in [0.4, 0.5) is 0 Å². The molecule has 78 valence electrons. The van der Waals surface area contributed by atoms with Gasteiger partial charge in [0, 0.05) is 13.5 Å². The molecule has 1 aromatic rings. The summed E-state index contributed by atoms with van der Waals surface area (Å²) in [7, 11) is 1.85. The van der Waals surface area contributed by atoms with Gasteiger partial charge in [-0.05, 0) is 25.2 Å². The third-order valence-corrected chi connectivity index (χ3v) is 3.61. The zero-order valence-electron chi connectivity index (χ0n) is 8.99. The molecule has 1 aromatic heterocycles. The summed E-state index contributed by atoms with van der Waals surface area (Å²) in [5.41, 5.74) is -0.577. The molecule has 0 radical (unpaired) electrons. The molecule has 14 heavy (non-hydrogen) atoms. The van der Waals surface area contributed by atoms with E-state index in [4.69, 9.17) is 0 Å². The van der Waals surface area contributed by atoms with E-state index >= 15 is 0 Å². The van der Waals surface area contributed by atoms with E-state index in [0.717, 1.165) is 18.7 Å². The average Bonchev–Trinajstić information content (AvgIpc) is 2.73. The van der Waals surface area contributed by atoms with Crippen molar-refractivity contribution in [1.29, 1.82) is 0 Å². The van der Waals surface area contributed by atoms with Crippen molar-refractivity contribution < 1.29 is 5.11 Å². The van der Waals surface area contributed by atoms with Crippen LogP contribution in [-0.2, 0) is 13.5 Å². The lowest BCUT2D eigenvalue weighted by molar-refractivity contribution is -0.00940. The number of hydrogen-bond donors (Lipinski definition) is 1. The van der Waals surface area contributed by atoms with E-state index in [1.54, 1.807) is 4.68 Å². The Morgan fingerprint density at radius 3 is 2.71 bits per heavy atom. The van der Waals surface area contributed by atoms with E-state index in [9.17, 15) is 5.11 Å². The van der Waals surface area contributed by atoms with Gasteiger partial charge in [-0.2, -0.15) is 5.10 Å². The summed E-state index contributed by atoms with van der Waals surface area (Å²) in [6, 6.07) is 0. The fraction of sp³-hybridized carbons (Fsp3) is 0.800. The summed E-state index contributed by atoms with van der Waals surface area (Å²) in [6.45, 7) is 4.03. The number of rotatable bonds is 3. The van der Waals surface area contributed by atoms with Crippen LogP contribution in [0.1, 0.15) is 32.5 Å². The molecular formula is C10H17N3O. The number of aliphatic hydroxyl groups is 1. The van der Waals surface area contributed by atoms with Gasteiger partial charge in [-0.1, -0.05) is 6.92 Å². The zero-order chi connectivity index (χ0) is 10.4. The van der Waals surface area contributed by atoms with Gasteiger partial charge in [-0.3, -0.25) is 4.68 Å². The molecule has 0 spiro atoms. The summed E-state index contributed by atoms with van der Waals surface area (Å²) in [5.74, 6) is 0.850. The minimum Gasteiger partial charge on any atom is -0.389 e. The van der Waals surface area contributed by atoms with Crippen molar-refractivity contribution in [3.63, 3.8) is 0 Å². The van der Waals surface area contributed by atoms with E-state index in [1.165, 1.54) is 6.33 Å². The second-order valence-electron chi connectivity index (χ2n) is 4.81. The van der Waals surface area contributed by atoms with Gasteiger partial charge in [0.2, 0.25) is 0 Å². The SMILES string of the molecule is Cn1ncnc1CC(C)(O)C1(C)CC1. The fourth-order valence-electron chi connectivity index (χ4n) is 1.73. The smallest absolute Gasteiger partial charge is 0.138 e. The Hall–Kier alpha value is -0.900. The van der Waals surface area contributed by atoms with Gasteiger partial charge in [0.1, 0.15) is 12.2 Å². The Morgan fingerprint density at radius 1 is 1.64 bits per heavy atom. The summed E-state index contributed by atoms with van der Waals surface area (Å²) < 4.78 is 1.72. The Morgan fingerprint density at radius 2 is 2.29 bits per heavy atom. The molecule has 1 saturated carbocycles. The lowest BCUT2D eigenvalue weighted by atomic mass is 9.84. The minimum absolute atomic E-state index is 0.0823. The van der Waals surface area contributed by atoms with Crippen LogP contribution in [0.15, 0.2) is 6.33 Å². The number of hydrogen-bond acceptors (Lipinski definition) is 3. The lowest BCUT2D eigenvalue weighted by Crippen LogP contribution is -2.37. The Labute approximate surface area is 84.0 Å². The highest BCUT2D eigenvalue weighted by Crippen LogP contribution is 2.54. The molecule has 1 fully saturated rings. The van der Waals surface area contributed by atoms with Gasteiger partial charge in [-0.25, -0.2) is 4.98 Å². The molecule has 1 aliphatic carbocycles. The number of aryl methyl sites for hydroxylation is 1. The second-order valence-corrected chi connectivity index (χ2v) is 4.81. The first kappa shape index (κ1) is 9.65. The molecule has 4 heteroatoms. The molecule has 2 rings (SSSR count). The van der Waals surface area contributed by atoms with Gasteiger partial charge in [0.05, 0.1) is 5.60 Å². The molecule has 0 aromatic carbocycles. The minimum atomic E-state index is -0.659. The van der Waals surface area contributed by atoms with Crippen LogP contribution in [0.25, 0.3) is 0 Å². The third-order valence-electron chi connectivity index (χ3n) is 3.61. The monoisotopic (exact) mass is 195 g/mol. The molecule has 4 nitrogen and oxygen atoms in total. The van der Waals surface area contributed by atoms with E-state index < -0.39 is 5.60 Å². The molecule has 1 unspecified atom stereocenters. The van der Waals surface area contributed by atoms with Crippen molar-refractivity contribution >= 4 is 0 Å². The van der Waals surface area contributed by atoms with Gasteiger partial charge < -0.3 is 5.11 Å². The summed E-state index contributed by atoms with van der Waals surface area (Å²) >= 11 is 0. The first-order valence-electron chi connectivity index (χ1n) is 5.00. The Balaban J connectivity index is 2.14. The van der Waals surface area contributed by atoms with Crippen molar-refractivity contribution in [3.8, 4) is 0 Å². The van der Waals surface area contributed by atoms with Crippen LogP contribution in [0.3, 0.4) is 0 Å². The maximum atomic E-state index is 10.3.